The number of esters is 1. The van der Waals surface area contributed by atoms with E-state index in [0.29, 0.717) is 23.9 Å². The molecule has 0 aliphatic carbocycles. The topological polar surface area (TPSA) is 104 Å². The van der Waals surface area contributed by atoms with Gasteiger partial charge >= 0.3 is 13.4 Å². The predicted molar refractivity (Wildman–Crippen MR) is 137 cm³/mol. The molecule has 1 unspecified atom stereocenters. The van der Waals surface area contributed by atoms with E-state index < -0.39 is 36.2 Å². The lowest BCUT2D eigenvalue weighted by molar-refractivity contribution is -0.152. The Morgan fingerprint density at radius 1 is 1.25 bits per heavy atom. The van der Waals surface area contributed by atoms with Gasteiger partial charge in [0.05, 0.1) is 6.10 Å². The van der Waals surface area contributed by atoms with Gasteiger partial charge in [0.15, 0.2) is 12.6 Å². The van der Waals surface area contributed by atoms with Gasteiger partial charge in [-0.15, -0.1) is 0 Å². The third-order valence-electron chi connectivity index (χ3n) is 6.21. The van der Waals surface area contributed by atoms with Crippen molar-refractivity contribution in [3.05, 3.63) is 41.5 Å². The lowest BCUT2D eigenvalue weighted by Gasteiger charge is -2.24. The van der Waals surface area contributed by atoms with Crippen molar-refractivity contribution in [2.75, 3.05) is 25.8 Å². The normalized spacial score (nSPS) is 29.6. The lowest BCUT2D eigenvalue weighted by Crippen LogP contribution is -2.34. The number of carbonyl (C=O) groups is 2. The quantitative estimate of drug-likeness (QED) is 0.208. The van der Waals surface area contributed by atoms with Crippen LogP contribution in [0.4, 0.5) is 5.69 Å². The Balaban J connectivity index is 2.10. The fourth-order valence-electron chi connectivity index (χ4n) is 4.14. The summed E-state index contributed by atoms with van der Waals surface area (Å²) in [6, 6.07) is 3.43. The fraction of sp³-hybridized carbons (Fsp3) is 0.538. The molecule has 2 heterocycles. The summed E-state index contributed by atoms with van der Waals surface area (Å²) in [6.07, 6.45) is 5.87. The lowest BCUT2D eigenvalue weighted by atomic mass is 9.93. The molecule has 0 aromatic heterocycles. The zero-order valence-corrected chi connectivity index (χ0v) is 21.7. The summed E-state index contributed by atoms with van der Waals surface area (Å²) < 4.78 is 28.7. The van der Waals surface area contributed by atoms with Crippen molar-refractivity contribution in [2.45, 2.75) is 64.3 Å². The van der Waals surface area contributed by atoms with Gasteiger partial charge in [-0.2, -0.15) is 0 Å². The second-order valence-electron chi connectivity index (χ2n) is 9.48. The minimum absolute atomic E-state index is 0.0788. The van der Waals surface area contributed by atoms with Gasteiger partial charge in [-0.3, -0.25) is 0 Å². The molecule has 10 heteroatoms. The van der Waals surface area contributed by atoms with Crippen LogP contribution in [0.3, 0.4) is 0 Å². The molecule has 36 heavy (non-hydrogen) atoms. The number of nitrogens with zero attached hydrogens (tertiary/aromatic N) is 1. The standard InChI is InChI=1S/C26H35BNO8/c1-16-10-11-20(30)24-21(35-26(3,4)36-24)9-7-8-18-12-19(28(5)27-14-29)13-22(33-15-32-6)23(18)25(31)34-17(16)2/h7-8,10-14,16-17,20-21,24,30H,9,15H2,1-6H3/b8-7+,11-10-/t16-,17+,20?,21+,24-/m1/s1. The Kier molecular flexibility index (Phi) is 9.35. The first kappa shape index (κ1) is 27.9. The smallest absolute Gasteiger partial charge is 0.342 e. The van der Waals surface area contributed by atoms with Crippen LogP contribution in [0.25, 0.3) is 6.08 Å². The Labute approximate surface area is 213 Å². The number of hydrogen-bond donors (Lipinski definition) is 1. The summed E-state index contributed by atoms with van der Waals surface area (Å²) in [5.41, 5.74) is 1.41. The van der Waals surface area contributed by atoms with Crippen molar-refractivity contribution in [3.8, 4) is 5.75 Å². The molecule has 1 aromatic carbocycles. The second kappa shape index (κ2) is 12.1. The minimum atomic E-state index is -0.890. The van der Waals surface area contributed by atoms with Crippen molar-refractivity contribution >= 4 is 31.3 Å². The summed E-state index contributed by atoms with van der Waals surface area (Å²) in [5.74, 6) is -1.32. The van der Waals surface area contributed by atoms with Crippen LogP contribution in [0.5, 0.6) is 5.75 Å². The van der Waals surface area contributed by atoms with Gasteiger partial charge in [0.25, 0.3) is 0 Å². The maximum atomic E-state index is 13.4. The summed E-state index contributed by atoms with van der Waals surface area (Å²) >= 11 is 0. The van der Waals surface area contributed by atoms with Gasteiger partial charge in [-0.25, -0.2) is 4.79 Å². The number of aliphatic hydroxyl groups is 1. The van der Waals surface area contributed by atoms with E-state index in [2.05, 4.69) is 0 Å². The number of benzene rings is 1. The summed E-state index contributed by atoms with van der Waals surface area (Å²) in [7, 11) is 4.56. The Morgan fingerprint density at radius 2 is 2.00 bits per heavy atom. The average molecular weight is 500 g/mol. The van der Waals surface area contributed by atoms with Crippen molar-refractivity contribution in [1.29, 1.82) is 0 Å². The Bertz CT molecular complexity index is 994. The number of carbonyl (C=O) groups excluding carboxylic acids is 2. The molecule has 1 saturated heterocycles. The zero-order chi connectivity index (χ0) is 26.5. The van der Waals surface area contributed by atoms with Crippen molar-refractivity contribution < 1.29 is 38.4 Å². The molecule has 1 N–H and O–H groups in total. The first-order chi connectivity index (χ1) is 17.1. The fourth-order valence-corrected chi connectivity index (χ4v) is 4.14. The third-order valence-corrected chi connectivity index (χ3v) is 6.21. The van der Waals surface area contributed by atoms with Crippen LogP contribution in [-0.2, 0) is 23.7 Å². The first-order valence-corrected chi connectivity index (χ1v) is 12.0. The van der Waals surface area contributed by atoms with Crippen LogP contribution < -0.4 is 9.55 Å². The molecular weight excluding hydrogens is 465 g/mol. The molecule has 195 valence electrons. The molecule has 0 bridgehead atoms. The van der Waals surface area contributed by atoms with Crippen LogP contribution in [-0.4, -0.2) is 75.8 Å². The van der Waals surface area contributed by atoms with E-state index in [4.69, 9.17) is 23.7 Å². The third kappa shape index (κ3) is 6.76. The van der Waals surface area contributed by atoms with Crippen LogP contribution in [0.2, 0.25) is 0 Å². The highest BCUT2D eigenvalue weighted by molar-refractivity contribution is 6.70. The van der Waals surface area contributed by atoms with Crippen LogP contribution >= 0.6 is 0 Å². The molecule has 1 fully saturated rings. The molecular formula is C26H35BNO8. The summed E-state index contributed by atoms with van der Waals surface area (Å²) in [4.78, 5) is 26.1. The number of rotatable bonds is 6. The highest BCUT2D eigenvalue weighted by Gasteiger charge is 2.43. The van der Waals surface area contributed by atoms with Crippen molar-refractivity contribution in [1.82, 2.24) is 0 Å². The molecule has 0 saturated carbocycles. The molecule has 3 rings (SSSR count). The van der Waals surface area contributed by atoms with E-state index in [1.807, 2.05) is 32.9 Å². The number of ether oxygens (including phenoxy) is 5. The summed E-state index contributed by atoms with van der Waals surface area (Å²) in [6.45, 7) is 7.23. The van der Waals surface area contributed by atoms with E-state index in [1.54, 1.807) is 43.1 Å². The van der Waals surface area contributed by atoms with Crippen LogP contribution in [0, 0.1) is 5.92 Å². The van der Waals surface area contributed by atoms with Gasteiger partial charge < -0.3 is 38.4 Å². The Morgan fingerprint density at radius 3 is 2.69 bits per heavy atom. The highest BCUT2D eigenvalue weighted by Crippen LogP contribution is 2.35. The molecule has 9 nitrogen and oxygen atoms in total. The van der Waals surface area contributed by atoms with Gasteiger partial charge in [-0.1, -0.05) is 31.2 Å². The van der Waals surface area contributed by atoms with E-state index in [-0.39, 0.29) is 24.0 Å². The maximum Gasteiger partial charge on any atom is 0.342 e. The van der Waals surface area contributed by atoms with Crippen LogP contribution in [0.15, 0.2) is 30.4 Å². The van der Waals surface area contributed by atoms with E-state index in [9.17, 15) is 14.7 Å². The van der Waals surface area contributed by atoms with Crippen molar-refractivity contribution in [3.63, 3.8) is 0 Å². The van der Waals surface area contributed by atoms with E-state index in [0.717, 1.165) is 0 Å². The molecule has 0 amide bonds. The number of methoxy groups -OCH3 is 1. The Hall–Kier alpha value is -2.66. The zero-order valence-electron chi connectivity index (χ0n) is 21.7. The number of hydrogen-bond acceptors (Lipinski definition) is 9. The average Bonchev–Trinajstić information content (AvgIpc) is 3.14. The number of fused-ring (bicyclic) bond motifs is 2. The first-order valence-electron chi connectivity index (χ1n) is 12.0. The molecule has 5 atom stereocenters. The second-order valence-corrected chi connectivity index (χ2v) is 9.48. The van der Waals surface area contributed by atoms with E-state index >= 15 is 0 Å². The largest absolute Gasteiger partial charge is 0.467 e. The minimum Gasteiger partial charge on any atom is -0.467 e. The van der Waals surface area contributed by atoms with Crippen LogP contribution in [0.1, 0.15) is 50.0 Å². The van der Waals surface area contributed by atoms with Gasteiger partial charge in [0, 0.05) is 24.8 Å². The molecule has 2 aliphatic rings. The maximum absolute atomic E-state index is 13.4. The molecule has 2 aliphatic heterocycles. The van der Waals surface area contributed by atoms with Crippen molar-refractivity contribution in [2.24, 2.45) is 5.92 Å². The SMILES string of the molecule is COCOc1cc(N(C)[B]C=O)cc2c1C(=O)O[C@@H](C)[C@H](C)/C=C\C(O)[C@H]1OC(C)(C)O[C@H]1C/C=C/2. The molecule has 1 radical (unpaired) electrons. The summed E-state index contributed by atoms with van der Waals surface area (Å²) in [5, 5.41) is 10.8. The monoisotopic (exact) mass is 500 g/mol. The van der Waals surface area contributed by atoms with E-state index in [1.165, 1.54) is 14.5 Å². The predicted octanol–water partition coefficient (Wildman–Crippen LogP) is 2.95. The van der Waals surface area contributed by atoms with Gasteiger partial charge in [-0.05, 0) is 45.9 Å². The van der Waals surface area contributed by atoms with Gasteiger partial charge in [0.2, 0.25) is 0 Å². The number of anilines is 1. The van der Waals surface area contributed by atoms with Gasteiger partial charge in [0.1, 0.15) is 35.8 Å². The number of cyclic esters (lactones) is 1. The molecule has 0 spiro atoms. The number of aliphatic hydroxyl groups excluding tert-OH is 1. The highest BCUT2D eigenvalue weighted by atomic mass is 16.8. The molecule has 1 aromatic rings.